The molecular weight excluding hydrogens is 728 g/mol. The van der Waals surface area contributed by atoms with Crippen molar-refractivity contribution in [3.8, 4) is 5.75 Å². The molecule has 0 bridgehead atoms. The normalized spacial score (nSPS) is 16.5. The highest BCUT2D eigenvalue weighted by Crippen LogP contribution is 2.35. The van der Waals surface area contributed by atoms with Gasteiger partial charge in [0.25, 0.3) is 5.91 Å². The second-order valence-corrected chi connectivity index (χ2v) is 14.2. The first-order chi connectivity index (χ1) is 24.7. The Labute approximate surface area is 303 Å². The lowest BCUT2D eigenvalue weighted by Crippen LogP contribution is -2.53. The predicted octanol–water partition coefficient (Wildman–Crippen LogP) is 6.23. The third-order valence-corrected chi connectivity index (χ3v) is 10.8. The largest absolute Gasteiger partial charge is 0.573 e. The van der Waals surface area contributed by atoms with Crippen LogP contribution in [-0.2, 0) is 26.0 Å². The Morgan fingerprint density at radius 1 is 1.00 bits per heavy atom. The molecule has 1 fully saturated rings. The van der Waals surface area contributed by atoms with Crippen molar-refractivity contribution in [2.75, 3.05) is 31.6 Å². The second-order valence-electron chi connectivity index (χ2n) is 11.9. The standard InChI is InChI=1S/C36H35ClF4N4O6S/c1-50-35(47)45(34(46)33(42)32(23-13-15-25(37)16-14-23)24-7-5-8-27(21-24)51-36(39,40)41)31-12-6-11-30(38)29(31)18-17-26-22-43-19-20-44(26)52(48,49)28-9-3-2-4-10-28/h2-16,21,26,32-33,43H,17-20,22,42H2,1H3/t26-,32-,33-/m0/s1. The van der Waals surface area contributed by atoms with E-state index in [0.29, 0.717) is 22.0 Å². The number of nitrogens with zero attached hydrogens (tertiary/aromatic N) is 2. The van der Waals surface area contributed by atoms with Gasteiger partial charge in [-0.3, -0.25) is 4.79 Å². The number of hydrogen-bond acceptors (Lipinski definition) is 8. The highest BCUT2D eigenvalue weighted by Gasteiger charge is 2.39. The molecule has 0 spiro atoms. The Balaban J connectivity index is 1.50. The SMILES string of the molecule is COC(=O)N(C(=O)[C@@H](N)[C@@H](c1ccc(Cl)cc1)c1cccc(OC(F)(F)F)c1)c1cccc(F)c1CC[C@H]1CNCCN1S(=O)(=O)c1ccccc1. The van der Waals surface area contributed by atoms with E-state index in [0.717, 1.165) is 25.3 Å². The zero-order chi connectivity index (χ0) is 37.6. The number of anilines is 1. The fraction of sp³-hybridized carbons (Fsp3) is 0.278. The summed E-state index contributed by atoms with van der Waals surface area (Å²) in [6.07, 6.45) is -6.22. The summed E-state index contributed by atoms with van der Waals surface area (Å²) in [5.74, 6) is -3.56. The Bertz CT molecular complexity index is 1990. The van der Waals surface area contributed by atoms with Gasteiger partial charge in [-0.1, -0.05) is 60.1 Å². The van der Waals surface area contributed by atoms with Gasteiger partial charge in [-0.15, -0.1) is 13.2 Å². The molecule has 0 unspecified atom stereocenters. The Hall–Kier alpha value is -4.54. The minimum absolute atomic E-state index is 0.0836. The summed E-state index contributed by atoms with van der Waals surface area (Å²) < 4.78 is 92.6. The van der Waals surface area contributed by atoms with Crippen LogP contribution >= 0.6 is 11.6 Å². The zero-order valence-electron chi connectivity index (χ0n) is 27.7. The lowest BCUT2D eigenvalue weighted by Gasteiger charge is -2.35. The predicted molar refractivity (Wildman–Crippen MR) is 186 cm³/mol. The first-order valence-electron chi connectivity index (χ1n) is 16.0. The number of nitrogens with one attached hydrogen (secondary N) is 1. The van der Waals surface area contributed by atoms with Crippen molar-refractivity contribution in [1.29, 1.82) is 0 Å². The maximum Gasteiger partial charge on any atom is 0.573 e. The lowest BCUT2D eigenvalue weighted by atomic mass is 9.84. The molecule has 52 heavy (non-hydrogen) atoms. The number of sulfonamides is 1. The number of carbonyl (C=O) groups is 2. The number of alkyl halides is 3. The summed E-state index contributed by atoms with van der Waals surface area (Å²) in [6.45, 7) is 0.825. The van der Waals surface area contributed by atoms with Crippen LogP contribution in [0.15, 0.2) is 102 Å². The smallest absolute Gasteiger partial charge is 0.452 e. The molecule has 16 heteroatoms. The maximum absolute atomic E-state index is 15.7. The van der Waals surface area contributed by atoms with Crippen molar-refractivity contribution in [3.05, 3.63) is 125 Å². The molecule has 1 aliphatic rings. The summed E-state index contributed by atoms with van der Waals surface area (Å²) >= 11 is 6.09. The first-order valence-corrected chi connectivity index (χ1v) is 17.9. The van der Waals surface area contributed by atoms with E-state index in [2.05, 4.69) is 10.1 Å². The minimum atomic E-state index is -5.00. The minimum Gasteiger partial charge on any atom is -0.452 e. The number of rotatable bonds is 11. The van der Waals surface area contributed by atoms with Gasteiger partial charge in [0.2, 0.25) is 10.0 Å². The molecule has 2 amide bonds. The van der Waals surface area contributed by atoms with Gasteiger partial charge in [-0.25, -0.2) is 22.5 Å². The Morgan fingerprint density at radius 3 is 2.37 bits per heavy atom. The molecule has 4 aromatic rings. The monoisotopic (exact) mass is 762 g/mol. The maximum atomic E-state index is 15.7. The number of piperazine rings is 1. The molecule has 1 aliphatic heterocycles. The number of imide groups is 1. The van der Waals surface area contributed by atoms with Crippen molar-refractivity contribution < 1.29 is 45.0 Å². The number of ether oxygens (including phenoxy) is 2. The third kappa shape index (κ3) is 8.90. The van der Waals surface area contributed by atoms with Crippen LogP contribution in [0.5, 0.6) is 5.75 Å². The van der Waals surface area contributed by atoms with Crippen molar-refractivity contribution >= 4 is 39.3 Å². The average Bonchev–Trinajstić information content (AvgIpc) is 3.12. The van der Waals surface area contributed by atoms with E-state index >= 15 is 4.39 Å². The van der Waals surface area contributed by atoms with Gasteiger partial charge in [-0.2, -0.15) is 4.31 Å². The van der Waals surface area contributed by atoms with Crippen LogP contribution in [0.4, 0.5) is 28.0 Å². The van der Waals surface area contributed by atoms with Gasteiger partial charge in [0.15, 0.2) is 0 Å². The number of halogens is 5. The number of hydrogen-bond donors (Lipinski definition) is 2. The van der Waals surface area contributed by atoms with E-state index in [9.17, 15) is 31.2 Å². The van der Waals surface area contributed by atoms with Crippen molar-refractivity contribution in [3.63, 3.8) is 0 Å². The van der Waals surface area contributed by atoms with Crippen molar-refractivity contribution in [2.24, 2.45) is 5.73 Å². The van der Waals surface area contributed by atoms with E-state index in [1.165, 1.54) is 65.0 Å². The molecule has 276 valence electrons. The molecule has 1 heterocycles. The molecule has 0 radical (unpaired) electrons. The number of methoxy groups -OCH3 is 1. The van der Waals surface area contributed by atoms with Gasteiger partial charge in [0.1, 0.15) is 11.6 Å². The molecule has 0 aromatic heterocycles. The average molecular weight is 763 g/mol. The number of benzene rings is 4. The van der Waals surface area contributed by atoms with Crippen LogP contribution in [0, 0.1) is 5.82 Å². The number of carbonyl (C=O) groups excluding carboxylic acids is 2. The number of amides is 2. The van der Waals surface area contributed by atoms with Gasteiger partial charge in [0.05, 0.1) is 23.7 Å². The summed E-state index contributed by atoms with van der Waals surface area (Å²) in [5, 5.41) is 3.50. The van der Waals surface area contributed by atoms with Crippen LogP contribution in [0.3, 0.4) is 0 Å². The van der Waals surface area contributed by atoms with Gasteiger partial charge in [0, 0.05) is 42.2 Å². The van der Waals surface area contributed by atoms with Crippen LogP contribution in [0.2, 0.25) is 5.02 Å². The topological polar surface area (TPSA) is 131 Å². The number of nitrogens with two attached hydrogens (primary N) is 1. The summed E-state index contributed by atoms with van der Waals surface area (Å²) in [6, 6.07) is 20.3. The van der Waals surface area contributed by atoms with Gasteiger partial charge >= 0.3 is 12.5 Å². The molecule has 3 atom stereocenters. The van der Waals surface area contributed by atoms with Crippen LogP contribution < -0.4 is 20.7 Å². The summed E-state index contributed by atoms with van der Waals surface area (Å²) in [7, 11) is -2.89. The van der Waals surface area contributed by atoms with Crippen LogP contribution in [0.25, 0.3) is 0 Å². The first kappa shape index (κ1) is 38.7. The Morgan fingerprint density at radius 2 is 1.69 bits per heavy atom. The van der Waals surface area contributed by atoms with Crippen molar-refractivity contribution in [1.82, 2.24) is 9.62 Å². The second kappa shape index (κ2) is 16.4. The lowest BCUT2D eigenvalue weighted by molar-refractivity contribution is -0.274. The summed E-state index contributed by atoms with van der Waals surface area (Å²) in [4.78, 5) is 28.4. The quantitative estimate of drug-likeness (QED) is 0.172. The van der Waals surface area contributed by atoms with E-state index in [1.807, 2.05) is 0 Å². The van der Waals surface area contributed by atoms with E-state index < -0.39 is 58.0 Å². The summed E-state index contributed by atoms with van der Waals surface area (Å²) in [5.41, 5.74) is 6.82. The molecule has 5 rings (SSSR count). The van der Waals surface area contributed by atoms with E-state index in [4.69, 9.17) is 22.1 Å². The van der Waals surface area contributed by atoms with E-state index in [-0.39, 0.29) is 47.6 Å². The molecular formula is C36H35ClF4N4O6S. The zero-order valence-corrected chi connectivity index (χ0v) is 29.3. The molecule has 0 aliphatic carbocycles. The fourth-order valence-electron chi connectivity index (χ4n) is 6.22. The van der Waals surface area contributed by atoms with Gasteiger partial charge in [-0.05, 0) is 72.5 Å². The molecule has 10 nitrogen and oxygen atoms in total. The molecule has 3 N–H and O–H groups in total. The van der Waals surface area contributed by atoms with Crippen LogP contribution in [0.1, 0.15) is 29.0 Å². The van der Waals surface area contributed by atoms with Gasteiger partial charge < -0.3 is 20.5 Å². The van der Waals surface area contributed by atoms with Crippen LogP contribution in [-0.4, -0.2) is 69.9 Å². The van der Waals surface area contributed by atoms with E-state index in [1.54, 1.807) is 18.2 Å². The highest BCUT2D eigenvalue weighted by atomic mass is 35.5. The molecule has 0 saturated carbocycles. The third-order valence-electron chi connectivity index (χ3n) is 8.61. The highest BCUT2D eigenvalue weighted by molar-refractivity contribution is 7.89. The Kier molecular flexibility index (Phi) is 12.2. The fourth-order valence-corrected chi connectivity index (χ4v) is 8.02. The molecule has 1 saturated heterocycles. The molecule has 4 aromatic carbocycles. The van der Waals surface area contributed by atoms with Crippen molar-refractivity contribution in [2.45, 2.75) is 42.1 Å².